The molecule has 0 unspecified atom stereocenters. The maximum atomic E-state index is 13.0. The van der Waals surface area contributed by atoms with Gasteiger partial charge < -0.3 is 4.74 Å². The van der Waals surface area contributed by atoms with Crippen LogP contribution in [0.4, 0.5) is 19.1 Å². The molecular weight excluding hydrogens is 433 g/mol. The van der Waals surface area contributed by atoms with Crippen molar-refractivity contribution in [3.8, 4) is 17.1 Å². The van der Waals surface area contributed by atoms with Crippen LogP contribution in [0.15, 0.2) is 28.7 Å². The average molecular weight is 445 g/mol. The van der Waals surface area contributed by atoms with E-state index in [9.17, 15) is 18.0 Å². The van der Waals surface area contributed by atoms with Crippen molar-refractivity contribution >= 4 is 27.8 Å². The highest BCUT2D eigenvalue weighted by atomic mass is 79.9. The van der Waals surface area contributed by atoms with Crippen LogP contribution in [0.5, 0.6) is 5.75 Å². The number of alkyl halides is 3. The molecule has 142 valence electrons. The fourth-order valence-electron chi connectivity index (χ4n) is 2.39. The molecule has 0 atom stereocenters. The van der Waals surface area contributed by atoms with Crippen molar-refractivity contribution in [2.45, 2.75) is 6.18 Å². The quantitative estimate of drug-likeness (QED) is 0.643. The summed E-state index contributed by atoms with van der Waals surface area (Å²) in [5, 5.41) is 12.4. The van der Waals surface area contributed by atoms with Crippen LogP contribution in [-0.4, -0.2) is 38.0 Å². The number of nitrogens with one attached hydrogen (secondary N) is 2. The number of aromatic nitrogens is 5. The van der Waals surface area contributed by atoms with E-state index in [2.05, 4.69) is 41.5 Å². The van der Waals surface area contributed by atoms with Crippen molar-refractivity contribution in [2.24, 2.45) is 7.05 Å². The third-order valence-corrected chi connectivity index (χ3v) is 4.30. The van der Waals surface area contributed by atoms with E-state index in [1.54, 1.807) is 24.3 Å². The molecule has 0 aliphatic carbocycles. The third-order valence-electron chi connectivity index (χ3n) is 3.55. The molecule has 0 aliphatic heterocycles. The second-order valence-corrected chi connectivity index (χ2v) is 6.09. The molecule has 0 radical (unpaired) electrons. The molecule has 27 heavy (non-hydrogen) atoms. The highest BCUT2D eigenvalue weighted by molar-refractivity contribution is 9.10. The number of H-pyrrole nitrogens is 1. The molecule has 2 aromatic heterocycles. The maximum Gasteiger partial charge on any atom is 0.434 e. The summed E-state index contributed by atoms with van der Waals surface area (Å²) >= 11 is 2.78. The number of benzene rings is 1. The molecule has 2 heterocycles. The number of carbonyl (C=O) groups excluding carboxylic acids is 1. The molecule has 0 aliphatic rings. The van der Waals surface area contributed by atoms with Crippen LogP contribution >= 0.6 is 15.9 Å². The van der Waals surface area contributed by atoms with Gasteiger partial charge in [-0.25, -0.2) is 0 Å². The number of amides is 1. The molecule has 0 bridgehead atoms. The number of halogens is 4. The van der Waals surface area contributed by atoms with E-state index in [-0.39, 0.29) is 5.95 Å². The molecule has 8 nitrogen and oxygen atoms in total. The van der Waals surface area contributed by atoms with Crippen molar-refractivity contribution < 1.29 is 22.7 Å². The number of aryl methyl sites for hydroxylation is 1. The average Bonchev–Trinajstić information content (AvgIpc) is 3.18. The SMILES string of the molecule is COc1ccccc1-c1nc(NC(=O)c2nn(C)c(C(F)(F)F)c2Br)n[nH]1. The van der Waals surface area contributed by atoms with E-state index >= 15 is 0 Å². The van der Waals surface area contributed by atoms with Crippen molar-refractivity contribution in [3.05, 3.63) is 40.1 Å². The van der Waals surface area contributed by atoms with E-state index in [4.69, 9.17) is 4.74 Å². The van der Waals surface area contributed by atoms with Crippen LogP contribution in [0.25, 0.3) is 11.4 Å². The summed E-state index contributed by atoms with van der Waals surface area (Å²) in [6.45, 7) is 0. The van der Waals surface area contributed by atoms with Crippen LogP contribution in [0.2, 0.25) is 0 Å². The third kappa shape index (κ3) is 3.65. The van der Waals surface area contributed by atoms with Crippen LogP contribution in [0.3, 0.4) is 0 Å². The number of nitrogens with zero attached hydrogens (tertiary/aromatic N) is 4. The standard InChI is InChI=1S/C15H12BrF3N6O2/c1-25-11(15(17,18)19)9(16)10(24-25)13(26)21-14-20-12(22-23-14)7-5-3-4-6-8(7)27-2/h3-6H,1-2H3,(H2,20,21,22,23,26). The van der Waals surface area contributed by atoms with Gasteiger partial charge in [0.25, 0.3) is 5.91 Å². The minimum Gasteiger partial charge on any atom is -0.496 e. The van der Waals surface area contributed by atoms with Gasteiger partial charge in [-0.1, -0.05) is 12.1 Å². The Morgan fingerprint density at radius 3 is 2.67 bits per heavy atom. The summed E-state index contributed by atoms with van der Waals surface area (Å²) in [6.07, 6.45) is -4.67. The Morgan fingerprint density at radius 1 is 1.33 bits per heavy atom. The van der Waals surface area contributed by atoms with E-state index < -0.39 is 27.9 Å². The van der Waals surface area contributed by atoms with E-state index in [1.165, 1.54) is 7.11 Å². The van der Waals surface area contributed by atoms with Crippen molar-refractivity contribution in [1.82, 2.24) is 25.0 Å². The molecule has 1 aromatic carbocycles. The summed E-state index contributed by atoms with van der Waals surface area (Å²) in [4.78, 5) is 16.4. The van der Waals surface area contributed by atoms with Crippen LogP contribution in [-0.2, 0) is 13.2 Å². The monoisotopic (exact) mass is 444 g/mol. The largest absolute Gasteiger partial charge is 0.496 e. The molecule has 0 saturated heterocycles. The summed E-state index contributed by atoms with van der Waals surface area (Å²) in [7, 11) is 2.59. The fourth-order valence-corrected chi connectivity index (χ4v) is 3.13. The minimum absolute atomic E-state index is 0.119. The van der Waals surface area contributed by atoms with Gasteiger partial charge in [0.2, 0.25) is 5.95 Å². The van der Waals surface area contributed by atoms with Gasteiger partial charge in [0.1, 0.15) is 5.75 Å². The summed E-state index contributed by atoms with van der Waals surface area (Å²) in [6, 6.07) is 7.00. The van der Waals surface area contributed by atoms with Gasteiger partial charge in [-0.3, -0.25) is 19.9 Å². The molecule has 2 N–H and O–H groups in total. The van der Waals surface area contributed by atoms with Gasteiger partial charge in [0.15, 0.2) is 17.2 Å². The zero-order valence-corrected chi connectivity index (χ0v) is 15.5. The summed E-state index contributed by atoms with van der Waals surface area (Å²) < 4.78 is 44.4. The molecular formula is C15H12BrF3N6O2. The lowest BCUT2D eigenvalue weighted by Crippen LogP contribution is -2.14. The Kier molecular flexibility index (Phi) is 4.91. The van der Waals surface area contributed by atoms with Gasteiger partial charge >= 0.3 is 6.18 Å². The Balaban J connectivity index is 1.85. The lowest BCUT2D eigenvalue weighted by atomic mass is 10.2. The first-order chi connectivity index (χ1) is 12.7. The Morgan fingerprint density at radius 2 is 2.04 bits per heavy atom. The number of rotatable bonds is 4. The topological polar surface area (TPSA) is 97.7 Å². The predicted molar refractivity (Wildman–Crippen MR) is 92.2 cm³/mol. The van der Waals surface area contributed by atoms with Crippen molar-refractivity contribution in [1.29, 1.82) is 0 Å². The predicted octanol–water partition coefficient (Wildman–Crippen LogP) is 3.25. The first kappa shape index (κ1) is 18.9. The van der Waals surface area contributed by atoms with E-state index in [0.29, 0.717) is 21.8 Å². The second-order valence-electron chi connectivity index (χ2n) is 5.29. The highest BCUT2D eigenvalue weighted by Crippen LogP contribution is 2.36. The first-order valence-corrected chi connectivity index (χ1v) is 8.18. The van der Waals surface area contributed by atoms with Crippen molar-refractivity contribution in [3.63, 3.8) is 0 Å². The minimum atomic E-state index is -4.67. The Labute approximate surface area is 158 Å². The lowest BCUT2D eigenvalue weighted by molar-refractivity contribution is -0.144. The van der Waals surface area contributed by atoms with Gasteiger partial charge in [0, 0.05) is 7.05 Å². The smallest absolute Gasteiger partial charge is 0.434 e. The summed E-state index contributed by atoms with van der Waals surface area (Å²) in [5.41, 5.74) is -0.905. The molecule has 1 amide bonds. The van der Waals surface area contributed by atoms with Gasteiger partial charge in [0.05, 0.1) is 17.1 Å². The number of hydrogen-bond acceptors (Lipinski definition) is 5. The number of aromatic amines is 1. The van der Waals surface area contributed by atoms with Gasteiger partial charge in [-0.15, -0.1) is 5.10 Å². The molecule has 0 saturated carbocycles. The number of methoxy groups -OCH3 is 1. The van der Waals surface area contributed by atoms with E-state index in [0.717, 1.165) is 7.05 Å². The molecule has 3 aromatic rings. The normalized spacial score (nSPS) is 11.5. The number of ether oxygens (including phenoxy) is 1. The highest BCUT2D eigenvalue weighted by Gasteiger charge is 2.39. The number of carbonyl (C=O) groups is 1. The number of anilines is 1. The van der Waals surface area contributed by atoms with Crippen LogP contribution in [0, 0.1) is 0 Å². The first-order valence-electron chi connectivity index (χ1n) is 7.39. The zero-order chi connectivity index (χ0) is 19.8. The molecule has 0 fully saturated rings. The van der Waals surface area contributed by atoms with Crippen molar-refractivity contribution in [2.75, 3.05) is 12.4 Å². The molecule has 12 heteroatoms. The Hall–Kier alpha value is -2.89. The zero-order valence-electron chi connectivity index (χ0n) is 13.9. The Bertz CT molecular complexity index is 998. The summed E-state index contributed by atoms with van der Waals surface area (Å²) in [5.74, 6) is -0.154. The van der Waals surface area contributed by atoms with Gasteiger partial charge in [-0.05, 0) is 28.1 Å². The number of para-hydroxylation sites is 1. The van der Waals surface area contributed by atoms with Crippen LogP contribution < -0.4 is 10.1 Å². The van der Waals surface area contributed by atoms with Crippen LogP contribution in [0.1, 0.15) is 16.2 Å². The second kappa shape index (κ2) is 7.02. The fraction of sp³-hybridized carbons (Fsp3) is 0.200. The lowest BCUT2D eigenvalue weighted by Gasteiger charge is -2.06. The van der Waals surface area contributed by atoms with Gasteiger partial charge in [-0.2, -0.15) is 23.3 Å². The van der Waals surface area contributed by atoms with E-state index in [1.807, 2.05) is 0 Å². The maximum absolute atomic E-state index is 13.0. The molecule has 0 spiro atoms. The number of hydrogen-bond donors (Lipinski definition) is 2. The molecule has 3 rings (SSSR count).